The SMILES string of the molecule is C=CC(=O)OCCC[Si](CC)(OCc1ccccc1)OCc1ccccc1. The van der Waals surface area contributed by atoms with Gasteiger partial charge in [-0.25, -0.2) is 4.79 Å². The summed E-state index contributed by atoms with van der Waals surface area (Å²) < 4.78 is 17.9. The molecule has 0 saturated heterocycles. The Morgan fingerprint density at radius 1 is 0.963 bits per heavy atom. The number of ether oxygens (including phenoxy) is 1. The molecule has 0 aliphatic heterocycles. The van der Waals surface area contributed by atoms with Gasteiger partial charge in [-0.05, 0) is 29.6 Å². The fraction of sp³-hybridized carbons (Fsp3) is 0.318. The predicted molar refractivity (Wildman–Crippen MR) is 109 cm³/mol. The van der Waals surface area contributed by atoms with E-state index < -0.39 is 14.5 Å². The summed E-state index contributed by atoms with van der Waals surface area (Å²) in [5.41, 5.74) is 2.26. The molecule has 0 heterocycles. The molecule has 0 radical (unpaired) electrons. The van der Waals surface area contributed by atoms with Crippen molar-refractivity contribution in [3.63, 3.8) is 0 Å². The summed E-state index contributed by atoms with van der Waals surface area (Å²) in [4.78, 5) is 11.2. The third-order valence-electron chi connectivity index (χ3n) is 4.34. The van der Waals surface area contributed by atoms with Crippen LogP contribution < -0.4 is 0 Å². The van der Waals surface area contributed by atoms with E-state index in [0.717, 1.165) is 23.2 Å². The summed E-state index contributed by atoms with van der Waals surface area (Å²) in [7, 11) is -2.43. The number of carbonyl (C=O) groups excluding carboxylic acids is 1. The highest BCUT2D eigenvalue weighted by Gasteiger charge is 2.35. The van der Waals surface area contributed by atoms with Gasteiger partial charge in [0.15, 0.2) is 0 Å². The van der Waals surface area contributed by atoms with Gasteiger partial charge in [0, 0.05) is 6.08 Å². The van der Waals surface area contributed by atoms with Crippen LogP contribution in [0.3, 0.4) is 0 Å². The Kier molecular flexibility index (Phi) is 8.98. The summed E-state index contributed by atoms with van der Waals surface area (Å²) in [5, 5.41) is 0. The van der Waals surface area contributed by atoms with Gasteiger partial charge in [-0.2, -0.15) is 0 Å². The van der Waals surface area contributed by atoms with E-state index in [4.69, 9.17) is 13.6 Å². The van der Waals surface area contributed by atoms with Gasteiger partial charge in [-0.3, -0.25) is 0 Å². The van der Waals surface area contributed by atoms with E-state index in [1.165, 1.54) is 6.08 Å². The Bertz CT molecular complexity index is 644. The van der Waals surface area contributed by atoms with E-state index >= 15 is 0 Å². The zero-order chi connectivity index (χ0) is 19.4. The smallest absolute Gasteiger partial charge is 0.338 e. The minimum Gasteiger partial charge on any atom is -0.463 e. The lowest BCUT2D eigenvalue weighted by atomic mass is 10.2. The molecule has 0 spiro atoms. The summed E-state index contributed by atoms with van der Waals surface area (Å²) in [5.74, 6) is -0.394. The second-order valence-electron chi connectivity index (χ2n) is 6.29. The highest BCUT2D eigenvalue weighted by Crippen LogP contribution is 2.24. The Labute approximate surface area is 163 Å². The average molecular weight is 385 g/mol. The van der Waals surface area contributed by atoms with Crippen LogP contribution in [0.4, 0.5) is 0 Å². The fourth-order valence-corrected chi connectivity index (χ4v) is 5.39. The van der Waals surface area contributed by atoms with Crippen LogP contribution in [-0.4, -0.2) is 21.1 Å². The van der Waals surface area contributed by atoms with Crippen molar-refractivity contribution in [1.82, 2.24) is 0 Å². The standard InChI is InChI=1S/C22H28O4Si/c1-3-22(23)24-16-11-17-27(4-2,25-18-20-12-7-5-8-13-20)26-19-21-14-9-6-10-15-21/h3,5-10,12-15H,1,4,11,16-19H2,2H3. The van der Waals surface area contributed by atoms with Gasteiger partial charge in [0.2, 0.25) is 0 Å². The maximum Gasteiger partial charge on any atom is 0.338 e. The van der Waals surface area contributed by atoms with Crippen molar-refractivity contribution < 1.29 is 18.4 Å². The molecule has 0 bridgehead atoms. The second kappa shape index (κ2) is 11.5. The monoisotopic (exact) mass is 384 g/mol. The van der Waals surface area contributed by atoms with Gasteiger partial charge in [0.1, 0.15) is 0 Å². The van der Waals surface area contributed by atoms with Crippen LogP contribution in [0.25, 0.3) is 0 Å². The highest BCUT2D eigenvalue weighted by molar-refractivity contribution is 6.67. The molecule has 0 fully saturated rings. The lowest BCUT2D eigenvalue weighted by Crippen LogP contribution is -2.41. The van der Waals surface area contributed by atoms with Crippen LogP contribution >= 0.6 is 0 Å². The fourth-order valence-electron chi connectivity index (χ4n) is 2.72. The van der Waals surface area contributed by atoms with E-state index in [-0.39, 0.29) is 0 Å². The number of hydrogen-bond donors (Lipinski definition) is 0. The molecule has 2 aromatic carbocycles. The van der Waals surface area contributed by atoms with Crippen molar-refractivity contribution in [1.29, 1.82) is 0 Å². The number of rotatable bonds is 12. The molecule has 27 heavy (non-hydrogen) atoms. The highest BCUT2D eigenvalue weighted by atomic mass is 28.4. The molecule has 0 unspecified atom stereocenters. The first kappa shape index (κ1) is 21.1. The minimum atomic E-state index is -2.43. The van der Waals surface area contributed by atoms with E-state index in [9.17, 15) is 4.79 Å². The maximum absolute atomic E-state index is 11.2. The molecule has 2 rings (SSSR count). The zero-order valence-corrected chi connectivity index (χ0v) is 16.9. The Hall–Kier alpha value is -2.21. The second-order valence-corrected chi connectivity index (χ2v) is 9.89. The van der Waals surface area contributed by atoms with Crippen LogP contribution in [0.1, 0.15) is 24.5 Å². The van der Waals surface area contributed by atoms with Gasteiger partial charge < -0.3 is 13.6 Å². The van der Waals surface area contributed by atoms with E-state index in [1.807, 2.05) is 36.4 Å². The zero-order valence-electron chi connectivity index (χ0n) is 15.9. The number of esters is 1. The van der Waals surface area contributed by atoms with Crippen LogP contribution in [-0.2, 0) is 31.6 Å². The number of hydrogen-bond acceptors (Lipinski definition) is 4. The third-order valence-corrected chi connectivity index (χ3v) is 7.87. The third kappa shape index (κ3) is 7.51. The summed E-state index contributed by atoms with van der Waals surface area (Å²) in [6.45, 7) is 6.93. The van der Waals surface area contributed by atoms with E-state index in [2.05, 4.69) is 37.8 Å². The van der Waals surface area contributed by atoms with E-state index in [1.54, 1.807) is 0 Å². The van der Waals surface area contributed by atoms with Crippen LogP contribution in [0, 0.1) is 0 Å². The molecule has 0 saturated carbocycles. The molecule has 4 nitrogen and oxygen atoms in total. The van der Waals surface area contributed by atoms with E-state index in [0.29, 0.717) is 26.2 Å². The molecular weight excluding hydrogens is 356 g/mol. The molecule has 2 aromatic rings. The molecule has 5 heteroatoms. The molecule has 0 aliphatic carbocycles. The maximum atomic E-state index is 11.2. The van der Waals surface area contributed by atoms with Gasteiger partial charge in [0.25, 0.3) is 0 Å². The number of benzene rings is 2. The molecule has 0 N–H and O–H groups in total. The quantitative estimate of drug-likeness (QED) is 0.223. The summed E-state index contributed by atoms with van der Waals surface area (Å²) >= 11 is 0. The first-order chi connectivity index (χ1) is 13.2. The van der Waals surface area contributed by atoms with Crippen LogP contribution in [0.5, 0.6) is 0 Å². The summed E-state index contributed by atoms with van der Waals surface area (Å²) in [6.07, 6.45) is 1.89. The summed E-state index contributed by atoms with van der Waals surface area (Å²) in [6, 6.07) is 21.8. The molecular formula is C22H28O4Si. The van der Waals surface area contributed by atoms with Crippen molar-refractivity contribution in [3.05, 3.63) is 84.4 Å². The Balaban J connectivity index is 1.99. The largest absolute Gasteiger partial charge is 0.463 e. The lowest BCUT2D eigenvalue weighted by Gasteiger charge is -2.30. The van der Waals surface area contributed by atoms with Crippen molar-refractivity contribution in [3.8, 4) is 0 Å². The van der Waals surface area contributed by atoms with Crippen LogP contribution in [0.2, 0.25) is 12.1 Å². The molecule has 0 aromatic heterocycles. The average Bonchev–Trinajstić information content (AvgIpc) is 2.74. The number of carbonyl (C=O) groups is 1. The van der Waals surface area contributed by atoms with Gasteiger partial charge in [-0.15, -0.1) is 0 Å². The van der Waals surface area contributed by atoms with Gasteiger partial charge in [0.05, 0.1) is 19.8 Å². The normalized spacial score (nSPS) is 11.1. The van der Waals surface area contributed by atoms with Gasteiger partial charge >= 0.3 is 14.5 Å². The Morgan fingerprint density at radius 3 is 1.93 bits per heavy atom. The van der Waals surface area contributed by atoms with Crippen molar-refractivity contribution >= 4 is 14.5 Å². The van der Waals surface area contributed by atoms with Crippen molar-refractivity contribution in [2.75, 3.05) is 6.61 Å². The first-order valence-corrected chi connectivity index (χ1v) is 11.6. The lowest BCUT2D eigenvalue weighted by molar-refractivity contribution is -0.137. The Morgan fingerprint density at radius 2 is 1.48 bits per heavy atom. The molecule has 0 amide bonds. The topological polar surface area (TPSA) is 44.8 Å². The van der Waals surface area contributed by atoms with Crippen molar-refractivity contribution in [2.45, 2.75) is 38.6 Å². The molecule has 144 valence electrons. The van der Waals surface area contributed by atoms with Crippen molar-refractivity contribution in [2.24, 2.45) is 0 Å². The first-order valence-electron chi connectivity index (χ1n) is 9.32. The minimum absolute atomic E-state index is 0.350. The van der Waals surface area contributed by atoms with Crippen LogP contribution in [0.15, 0.2) is 73.3 Å². The molecule has 0 atom stereocenters. The molecule has 0 aliphatic rings. The predicted octanol–water partition coefficient (Wildman–Crippen LogP) is 5.00. The van der Waals surface area contributed by atoms with Gasteiger partial charge in [-0.1, -0.05) is 74.2 Å².